The highest BCUT2D eigenvalue weighted by Gasteiger charge is 2.25. The summed E-state index contributed by atoms with van der Waals surface area (Å²) < 4.78 is 5.29. The van der Waals surface area contributed by atoms with E-state index in [-0.39, 0.29) is 36.9 Å². The lowest BCUT2D eigenvalue weighted by Crippen LogP contribution is -2.52. The van der Waals surface area contributed by atoms with Crippen molar-refractivity contribution < 1.29 is 14.3 Å². The minimum Gasteiger partial charge on any atom is -0.482 e. The van der Waals surface area contributed by atoms with Crippen LogP contribution >= 0.6 is 12.4 Å². The standard InChI is InChI=1S/C14H17N3O3.ClH/c1-9-7-15-4-5-17(9)14(19)10-2-3-12-11(6-10)16-13(18)8-20-12;/h2-3,6,9,15H,4-5,7-8H2,1H3,(H,16,18);1H. The summed E-state index contributed by atoms with van der Waals surface area (Å²) in [6, 6.07) is 5.32. The molecule has 0 aliphatic carbocycles. The van der Waals surface area contributed by atoms with Crippen molar-refractivity contribution in [3.05, 3.63) is 23.8 Å². The van der Waals surface area contributed by atoms with Crippen LogP contribution in [0, 0.1) is 0 Å². The molecule has 3 rings (SSSR count). The molecule has 6 nitrogen and oxygen atoms in total. The van der Waals surface area contributed by atoms with Crippen LogP contribution in [-0.4, -0.2) is 49.0 Å². The van der Waals surface area contributed by atoms with E-state index in [9.17, 15) is 9.59 Å². The highest BCUT2D eigenvalue weighted by atomic mass is 35.5. The Balaban J connectivity index is 0.00000161. The van der Waals surface area contributed by atoms with Gasteiger partial charge in [-0.25, -0.2) is 0 Å². The second-order valence-electron chi connectivity index (χ2n) is 5.10. The molecule has 2 amide bonds. The Morgan fingerprint density at radius 1 is 1.43 bits per heavy atom. The van der Waals surface area contributed by atoms with Crippen LogP contribution in [0.5, 0.6) is 5.75 Å². The number of nitrogens with one attached hydrogen (secondary N) is 2. The van der Waals surface area contributed by atoms with Gasteiger partial charge in [0.1, 0.15) is 5.75 Å². The third kappa shape index (κ3) is 3.11. The summed E-state index contributed by atoms with van der Waals surface area (Å²) in [6.45, 7) is 4.35. The minimum absolute atomic E-state index is 0. The Bertz CT molecular complexity index is 564. The molecule has 1 aromatic rings. The molecule has 2 aliphatic heterocycles. The van der Waals surface area contributed by atoms with E-state index in [1.807, 2.05) is 11.8 Å². The first kappa shape index (κ1) is 15.6. The van der Waals surface area contributed by atoms with Crippen LogP contribution < -0.4 is 15.4 Å². The van der Waals surface area contributed by atoms with Crippen LogP contribution in [0.2, 0.25) is 0 Å². The predicted octanol–water partition coefficient (Wildman–Crippen LogP) is 0.873. The number of piperazine rings is 1. The van der Waals surface area contributed by atoms with Gasteiger partial charge in [-0.1, -0.05) is 0 Å². The van der Waals surface area contributed by atoms with Gasteiger partial charge in [0.25, 0.3) is 11.8 Å². The molecule has 1 fully saturated rings. The smallest absolute Gasteiger partial charge is 0.262 e. The van der Waals surface area contributed by atoms with Crippen molar-refractivity contribution in [2.75, 3.05) is 31.6 Å². The lowest BCUT2D eigenvalue weighted by molar-refractivity contribution is -0.118. The molecule has 0 aromatic heterocycles. The fourth-order valence-electron chi connectivity index (χ4n) is 2.52. The molecular weight excluding hydrogens is 294 g/mol. The molecule has 21 heavy (non-hydrogen) atoms. The highest BCUT2D eigenvalue weighted by Crippen LogP contribution is 2.29. The van der Waals surface area contributed by atoms with Crippen molar-refractivity contribution in [1.82, 2.24) is 10.2 Å². The number of ether oxygens (including phenoxy) is 1. The molecule has 114 valence electrons. The first-order chi connectivity index (χ1) is 9.65. The zero-order valence-corrected chi connectivity index (χ0v) is 12.5. The monoisotopic (exact) mass is 311 g/mol. The average molecular weight is 312 g/mol. The van der Waals surface area contributed by atoms with Gasteiger partial charge >= 0.3 is 0 Å². The van der Waals surface area contributed by atoms with Gasteiger partial charge < -0.3 is 20.3 Å². The quantitative estimate of drug-likeness (QED) is 0.807. The van der Waals surface area contributed by atoms with Gasteiger partial charge in [-0.2, -0.15) is 0 Å². The van der Waals surface area contributed by atoms with Crippen LogP contribution in [0.15, 0.2) is 18.2 Å². The molecular formula is C14H18ClN3O3. The lowest BCUT2D eigenvalue weighted by Gasteiger charge is -2.34. The molecule has 0 radical (unpaired) electrons. The van der Waals surface area contributed by atoms with Crippen molar-refractivity contribution >= 4 is 29.9 Å². The van der Waals surface area contributed by atoms with Crippen LogP contribution in [-0.2, 0) is 4.79 Å². The maximum absolute atomic E-state index is 12.5. The Morgan fingerprint density at radius 3 is 3.00 bits per heavy atom. The highest BCUT2D eigenvalue weighted by molar-refractivity contribution is 6.00. The molecule has 2 aliphatic rings. The second kappa shape index (κ2) is 6.32. The number of hydrogen-bond donors (Lipinski definition) is 2. The molecule has 1 saturated heterocycles. The molecule has 1 aromatic carbocycles. The Labute approximate surface area is 129 Å². The summed E-state index contributed by atoms with van der Waals surface area (Å²) in [7, 11) is 0. The number of hydrogen-bond acceptors (Lipinski definition) is 4. The van der Waals surface area contributed by atoms with Crippen LogP contribution in [0.3, 0.4) is 0 Å². The molecule has 7 heteroatoms. The number of nitrogens with zero attached hydrogens (tertiary/aromatic N) is 1. The number of benzene rings is 1. The van der Waals surface area contributed by atoms with Crippen LogP contribution in [0.1, 0.15) is 17.3 Å². The first-order valence-electron chi connectivity index (χ1n) is 6.73. The third-order valence-electron chi connectivity index (χ3n) is 3.62. The first-order valence-corrected chi connectivity index (χ1v) is 6.73. The fraction of sp³-hybridized carbons (Fsp3) is 0.429. The Morgan fingerprint density at radius 2 is 2.24 bits per heavy atom. The molecule has 0 spiro atoms. The molecule has 2 heterocycles. The van der Waals surface area contributed by atoms with Gasteiger partial charge in [-0.05, 0) is 25.1 Å². The largest absolute Gasteiger partial charge is 0.482 e. The molecule has 0 bridgehead atoms. The van der Waals surface area contributed by atoms with Gasteiger partial charge in [0, 0.05) is 31.2 Å². The summed E-state index contributed by atoms with van der Waals surface area (Å²) >= 11 is 0. The van der Waals surface area contributed by atoms with E-state index in [1.165, 1.54) is 0 Å². The van der Waals surface area contributed by atoms with Crippen molar-refractivity contribution in [3.8, 4) is 5.75 Å². The number of amides is 2. The summed E-state index contributed by atoms with van der Waals surface area (Å²) in [4.78, 5) is 25.7. The molecule has 1 atom stereocenters. The number of anilines is 1. The van der Waals surface area contributed by atoms with Gasteiger partial charge in [0.05, 0.1) is 5.69 Å². The van der Waals surface area contributed by atoms with E-state index in [0.717, 1.165) is 13.1 Å². The van der Waals surface area contributed by atoms with Crippen LogP contribution in [0.25, 0.3) is 0 Å². The average Bonchev–Trinajstić information content (AvgIpc) is 2.46. The molecule has 0 saturated carbocycles. The summed E-state index contributed by atoms with van der Waals surface area (Å²) in [5, 5.41) is 5.98. The SMILES string of the molecule is CC1CNCCN1C(=O)c1ccc2c(c1)NC(=O)CO2.Cl. The molecule has 2 N–H and O–H groups in total. The normalized spacial score (nSPS) is 20.7. The van der Waals surface area contributed by atoms with Crippen molar-refractivity contribution in [1.29, 1.82) is 0 Å². The van der Waals surface area contributed by atoms with E-state index in [4.69, 9.17) is 4.74 Å². The summed E-state index contributed by atoms with van der Waals surface area (Å²) in [5.74, 6) is 0.397. The number of rotatable bonds is 1. The number of fused-ring (bicyclic) bond motifs is 1. The number of halogens is 1. The predicted molar refractivity (Wildman–Crippen MR) is 81.2 cm³/mol. The van der Waals surface area contributed by atoms with E-state index >= 15 is 0 Å². The van der Waals surface area contributed by atoms with Gasteiger partial charge in [0.15, 0.2) is 6.61 Å². The second-order valence-corrected chi connectivity index (χ2v) is 5.10. The Hall–Kier alpha value is -1.79. The van der Waals surface area contributed by atoms with Crippen LogP contribution in [0.4, 0.5) is 5.69 Å². The van der Waals surface area contributed by atoms with E-state index in [0.29, 0.717) is 23.5 Å². The Kier molecular flexibility index (Phi) is 4.69. The number of carbonyl (C=O) groups is 2. The number of carbonyl (C=O) groups excluding carboxylic acids is 2. The fourth-order valence-corrected chi connectivity index (χ4v) is 2.52. The van der Waals surface area contributed by atoms with Gasteiger partial charge in [-0.15, -0.1) is 12.4 Å². The van der Waals surface area contributed by atoms with Crippen molar-refractivity contribution in [3.63, 3.8) is 0 Å². The van der Waals surface area contributed by atoms with E-state index in [1.54, 1.807) is 18.2 Å². The van der Waals surface area contributed by atoms with E-state index in [2.05, 4.69) is 10.6 Å². The summed E-state index contributed by atoms with van der Waals surface area (Å²) in [6.07, 6.45) is 0. The zero-order chi connectivity index (χ0) is 14.1. The van der Waals surface area contributed by atoms with Gasteiger partial charge in [-0.3, -0.25) is 9.59 Å². The maximum atomic E-state index is 12.5. The zero-order valence-electron chi connectivity index (χ0n) is 11.7. The minimum atomic E-state index is -0.197. The maximum Gasteiger partial charge on any atom is 0.262 e. The van der Waals surface area contributed by atoms with Crippen molar-refractivity contribution in [2.24, 2.45) is 0 Å². The topological polar surface area (TPSA) is 70.7 Å². The summed E-state index contributed by atoms with van der Waals surface area (Å²) in [5.41, 5.74) is 1.14. The van der Waals surface area contributed by atoms with Crippen molar-refractivity contribution in [2.45, 2.75) is 13.0 Å². The third-order valence-corrected chi connectivity index (χ3v) is 3.62. The van der Waals surface area contributed by atoms with E-state index < -0.39 is 0 Å². The lowest BCUT2D eigenvalue weighted by atomic mass is 10.1. The van der Waals surface area contributed by atoms with Gasteiger partial charge in [0.2, 0.25) is 0 Å². The molecule has 1 unspecified atom stereocenters.